The Kier molecular flexibility index (Phi) is 8.25. The number of aryl methyl sites for hydroxylation is 2. The maximum Gasteiger partial charge on any atom is 0.244 e. The first-order chi connectivity index (χ1) is 14.0. The Morgan fingerprint density at radius 2 is 1.70 bits per heavy atom. The number of sulfonamides is 1. The van der Waals surface area contributed by atoms with Gasteiger partial charge in [-0.2, -0.15) is 0 Å². The number of anilines is 1. The number of likely N-dealkylation sites (N-methyl/N-ethyl adjacent to an activating group) is 1. The molecule has 0 fully saturated rings. The Morgan fingerprint density at radius 3 is 2.30 bits per heavy atom. The minimum Gasteiger partial charge on any atom is -0.492 e. The SMILES string of the molecule is Cc1cc(C)cc(OCCN(C)CC(=O)Nc2ccc(Cl)c(S(=O)(=O)N(C)C)c2)c1. The molecule has 0 saturated heterocycles. The number of nitrogens with zero attached hydrogens (tertiary/aromatic N) is 2. The number of benzene rings is 2. The zero-order valence-corrected chi connectivity index (χ0v) is 19.5. The van der Waals surface area contributed by atoms with E-state index in [0.29, 0.717) is 18.8 Å². The van der Waals surface area contributed by atoms with E-state index in [0.717, 1.165) is 21.2 Å². The average molecular weight is 454 g/mol. The van der Waals surface area contributed by atoms with Crippen molar-refractivity contribution in [1.29, 1.82) is 0 Å². The Balaban J connectivity index is 1.90. The standard InChI is InChI=1S/C21H28ClN3O4S/c1-15-10-16(2)12-18(11-15)29-9-8-25(5)14-21(26)23-17-6-7-19(22)20(13-17)30(27,28)24(3)4/h6-7,10-13H,8-9,14H2,1-5H3,(H,23,26). The zero-order chi connectivity index (χ0) is 22.5. The lowest BCUT2D eigenvalue weighted by Gasteiger charge is -2.18. The van der Waals surface area contributed by atoms with E-state index in [1.807, 2.05) is 37.9 Å². The molecule has 7 nitrogen and oxygen atoms in total. The molecule has 2 aromatic rings. The topological polar surface area (TPSA) is 79.0 Å². The summed E-state index contributed by atoms with van der Waals surface area (Å²) in [5.74, 6) is 0.542. The van der Waals surface area contributed by atoms with E-state index in [-0.39, 0.29) is 22.4 Å². The highest BCUT2D eigenvalue weighted by atomic mass is 35.5. The molecule has 0 aliphatic carbocycles. The van der Waals surface area contributed by atoms with Gasteiger partial charge in [0.05, 0.1) is 11.6 Å². The summed E-state index contributed by atoms with van der Waals surface area (Å²) in [5.41, 5.74) is 2.64. The van der Waals surface area contributed by atoms with E-state index < -0.39 is 10.0 Å². The van der Waals surface area contributed by atoms with Crippen molar-refractivity contribution < 1.29 is 17.9 Å². The van der Waals surface area contributed by atoms with Crippen LogP contribution in [0.3, 0.4) is 0 Å². The average Bonchev–Trinajstić information content (AvgIpc) is 2.62. The van der Waals surface area contributed by atoms with Gasteiger partial charge in [0.2, 0.25) is 15.9 Å². The molecule has 0 aliphatic heterocycles. The third-order valence-electron chi connectivity index (χ3n) is 4.32. The summed E-state index contributed by atoms with van der Waals surface area (Å²) in [4.78, 5) is 14.1. The third-order valence-corrected chi connectivity index (χ3v) is 6.62. The summed E-state index contributed by atoms with van der Waals surface area (Å²) in [5, 5.41) is 2.81. The lowest BCUT2D eigenvalue weighted by molar-refractivity contribution is -0.117. The summed E-state index contributed by atoms with van der Waals surface area (Å²) >= 11 is 6.03. The summed E-state index contributed by atoms with van der Waals surface area (Å²) < 4.78 is 31.5. The minimum atomic E-state index is -3.71. The van der Waals surface area contributed by atoms with Gasteiger partial charge in [0, 0.05) is 26.3 Å². The second kappa shape index (κ2) is 10.3. The van der Waals surface area contributed by atoms with Crippen LogP contribution in [-0.4, -0.2) is 64.4 Å². The molecule has 30 heavy (non-hydrogen) atoms. The van der Waals surface area contributed by atoms with Crippen LogP contribution in [0.15, 0.2) is 41.3 Å². The van der Waals surface area contributed by atoms with Crippen LogP contribution in [0.4, 0.5) is 5.69 Å². The number of nitrogens with one attached hydrogen (secondary N) is 1. The first kappa shape index (κ1) is 24.1. The number of amides is 1. The first-order valence-electron chi connectivity index (χ1n) is 9.40. The van der Waals surface area contributed by atoms with Crippen LogP contribution >= 0.6 is 11.6 Å². The molecule has 0 aliphatic rings. The molecule has 1 N–H and O–H groups in total. The molecule has 0 heterocycles. The molecule has 1 amide bonds. The molecule has 2 rings (SSSR count). The second-order valence-corrected chi connectivity index (χ2v) is 9.92. The van der Waals surface area contributed by atoms with Gasteiger partial charge in [-0.05, 0) is 62.4 Å². The van der Waals surface area contributed by atoms with Gasteiger partial charge in [0.15, 0.2) is 0 Å². The van der Waals surface area contributed by atoms with E-state index in [2.05, 4.69) is 11.4 Å². The minimum absolute atomic E-state index is 0.0535. The van der Waals surface area contributed by atoms with Crippen molar-refractivity contribution >= 4 is 33.2 Å². The van der Waals surface area contributed by atoms with Crippen molar-refractivity contribution in [2.24, 2.45) is 0 Å². The van der Waals surface area contributed by atoms with Crippen molar-refractivity contribution in [3.8, 4) is 5.75 Å². The van der Waals surface area contributed by atoms with E-state index >= 15 is 0 Å². The summed E-state index contributed by atoms with van der Waals surface area (Å²) in [7, 11) is 0.949. The highest BCUT2D eigenvalue weighted by Crippen LogP contribution is 2.26. The molecular weight excluding hydrogens is 426 g/mol. The van der Waals surface area contributed by atoms with Crippen LogP contribution in [0.25, 0.3) is 0 Å². The fourth-order valence-corrected chi connectivity index (χ4v) is 4.23. The quantitative estimate of drug-likeness (QED) is 0.631. The Labute approximate surface area is 183 Å². The van der Waals surface area contributed by atoms with Gasteiger partial charge in [0.1, 0.15) is 17.3 Å². The van der Waals surface area contributed by atoms with Crippen molar-refractivity contribution in [1.82, 2.24) is 9.21 Å². The number of rotatable bonds is 9. The number of hydrogen-bond donors (Lipinski definition) is 1. The van der Waals surface area contributed by atoms with Gasteiger partial charge < -0.3 is 10.1 Å². The molecule has 0 atom stereocenters. The van der Waals surface area contributed by atoms with E-state index in [9.17, 15) is 13.2 Å². The van der Waals surface area contributed by atoms with Crippen LogP contribution < -0.4 is 10.1 Å². The highest BCUT2D eigenvalue weighted by Gasteiger charge is 2.21. The van der Waals surface area contributed by atoms with Crippen LogP contribution in [0.2, 0.25) is 5.02 Å². The Bertz CT molecular complexity index is 989. The highest BCUT2D eigenvalue weighted by molar-refractivity contribution is 7.89. The molecule has 2 aromatic carbocycles. The zero-order valence-electron chi connectivity index (χ0n) is 17.9. The molecule has 0 spiro atoms. The third kappa shape index (κ3) is 6.70. The largest absolute Gasteiger partial charge is 0.492 e. The maximum absolute atomic E-state index is 12.4. The van der Waals surface area contributed by atoms with Gasteiger partial charge >= 0.3 is 0 Å². The molecule has 0 bridgehead atoms. The molecular formula is C21H28ClN3O4S. The maximum atomic E-state index is 12.4. The van der Waals surface area contributed by atoms with Gasteiger partial charge in [-0.25, -0.2) is 12.7 Å². The smallest absolute Gasteiger partial charge is 0.244 e. The molecule has 0 saturated carbocycles. The lowest BCUT2D eigenvalue weighted by Crippen LogP contribution is -2.33. The van der Waals surface area contributed by atoms with Crippen LogP contribution in [0.5, 0.6) is 5.75 Å². The van der Waals surface area contributed by atoms with Crippen LogP contribution in [0, 0.1) is 13.8 Å². The number of ether oxygens (including phenoxy) is 1. The molecule has 164 valence electrons. The first-order valence-corrected chi connectivity index (χ1v) is 11.2. The molecule has 0 aromatic heterocycles. The predicted molar refractivity (Wildman–Crippen MR) is 120 cm³/mol. The molecule has 0 radical (unpaired) electrons. The van der Waals surface area contributed by atoms with Crippen LogP contribution in [-0.2, 0) is 14.8 Å². The monoisotopic (exact) mass is 453 g/mol. The van der Waals surface area contributed by atoms with Crippen LogP contribution in [0.1, 0.15) is 11.1 Å². The van der Waals surface area contributed by atoms with Crippen molar-refractivity contribution in [3.63, 3.8) is 0 Å². The van der Waals surface area contributed by atoms with Gasteiger partial charge in [-0.3, -0.25) is 9.69 Å². The predicted octanol–water partition coefficient (Wildman–Crippen LogP) is 3.16. The fourth-order valence-electron chi connectivity index (χ4n) is 2.84. The lowest BCUT2D eigenvalue weighted by atomic mass is 10.1. The molecule has 9 heteroatoms. The van der Waals surface area contributed by atoms with E-state index in [4.69, 9.17) is 16.3 Å². The van der Waals surface area contributed by atoms with E-state index in [1.54, 1.807) is 6.07 Å². The second-order valence-electron chi connectivity index (χ2n) is 7.39. The van der Waals surface area contributed by atoms with Crippen molar-refractivity contribution in [2.75, 3.05) is 46.2 Å². The van der Waals surface area contributed by atoms with E-state index in [1.165, 1.54) is 26.2 Å². The van der Waals surface area contributed by atoms with Gasteiger partial charge in [-0.15, -0.1) is 0 Å². The summed E-state index contributed by atoms with van der Waals surface area (Å²) in [6.07, 6.45) is 0. The number of halogens is 1. The fraction of sp³-hybridized carbons (Fsp3) is 0.381. The number of carbonyl (C=O) groups is 1. The van der Waals surface area contributed by atoms with Gasteiger partial charge in [-0.1, -0.05) is 17.7 Å². The number of hydrogen-bond acceptors (Lipinski definition) is 5. The molecule has 0 unspecified atom stereocenters. The Morgan fingerprint density at radius 1 is 1.07 bits per heavy atom. The van der Waals surface area contributed by atoms with Gasteiger partial charge in [0.25, 0.3) is 0 Å². The summed E-state index contributed by atoms with van der Waals surface area (Å²) in [6.45, 7) is 5.17. The Hall–Kier alpha value is -2.13. The summed E-state index contributed by atoms with van der Waals surface area (Å²) in [6, 6.07) is 10.4. The van der Waals surface area contributed by atoms with Crippen molar-refractivity contribution in [2.45, 2.75) is 18.7 Å². The van der Waals surface area contributed by atoms with Crippen molar-refractivity contribution in [3.05, 3.63) is 52.5 Å². The normalized spacial score (nSPS) is 11.7. The number of carbonyl (C=O) groups excluding carboxylic acids is 1.